The Morgan fingerprint density at radius 2 is 1.97 bits per heavy atom. The molecule has 2 fully saturated rings. The topological polar surface area (TPSA) is 81.8 Å². The van der Waals surface area contributed by atoms with Gasteiger partial charge < -0.3 is 9.88 Å². The normalized spacial score (nSPS) is 16.2. The number of aromatic nitrogens is 4. The second-order valence-corrected chi connectivity index (χ2v) is 8.50. The van der Waals surface area contributed by atoms with Crippen molar-refractivity contribution in [2.75, 3.05) is 6.54 Å². The molecule has 0 atom stereocenters. The Morgan fingerprint density at radius 1 is 1.20 bits per heavy atom. The fourth-order valence-corrected chi connectivity index (χ4v) is 4.05. The Balaban J connectivity index is 1.34. The van der Waals surface area contributed by atoms with Crippen molar-refractivity contribution in [2.45, 2.75) is 64.5 Å². The highest BCUT2D eigenvalue weighted by molar-refractivity contribution is 5.96. The number of carbonyl (C=O) groups is 1. The maximum absolute atomic E-state index is 12.9. The first kappa shape index (κ1) is 19.0. The third-order valence-corrected chi connectivity index (χ3v) is 6.08. The highest BCUT2D eigenvalue weighted by atomic mass is 16.2. The summed E-state index contributed by atoms with van der Waals surface area (Å²) >= 11 is 0. The monoisotopic (exact) mass is 405 g/mol. The second kappa shape index (κ2) is 7.38. The lowest BCUT2D eigenvalue weighted by Crippen LogP contribution is -2.32. The van der Waals surface area contributed by atoms with Crippen LogP contribution in [0.1, 0.15) is 71.9 Å². The molecule has 0 saturated heterocycles. The van der Waals surface area contributed by atoms with Gasteiger partial charge in [0, 0.05) is 42.5 Å². The molecule has 3 aromatic heterocycles. The van der Waals surface area contributed by atoms with Gasteiger partial charge in [-0.05, 0) is 57.7 Å². The molecule has 0 radical (unpaired) electrons. The summed E-state index contributed by atoms with van der Waals surface area (Å²) in [6, 6.07) is 5.82. The molecular formula is C23H27N5O2. The van der Waals surface area contributed by atoms with E-state index in [-0.39, 0.29) is 16.9 Å². The molecule has 0 spiro atoms. The quantitative estimate of drug-likeness (QED) is 0.655. The van der Waals surface area contributed by atoms with Crippen molar-refractivity contribution in [2.24, 2.45) is 0 Å². The van der Waals surface area contributed by atoms with E-state index in [9.17, 15) is 9.59 Å². The molecule has 3 aromatic rings. The van der Waals surface area contributed by atoms with Crippen LogP contribution in [0.3, 0.4) is 0 Å². The summed E-state index contributed by atoms with van der Waals surface area (Å²) in [7, 11) is 0. The maximum Gasteiger partial charge on any atom is 0.256 e. The first-order chi connectivity index (χ1) is 14.5. The number of aryl methyl sites for hydroxylation is 2. The van der Waals surface area contributed by atoms with Crippen LogP contribution >= 0.6 is 0 Å². The van der Waals surface area contributed by atoms with E-state index < -0.39 is 0 Å². The predicted molar refractivity (Wildman–Crippen MR) is 115 cm³/mol. The van der Waals surface area contributed by atoms with Gasteiger partial charge in [0.1, 0.15) is 11.2 Å². The van der Waals surface area contributed by atoms with Crippen molar-refractivity contribution in [3.05, 3.63) is 57.3 Å². The van der Waals surface area contributed by atoms with Crippen LogP contribution in [-0.4, -0.2) is 31.8 Å². The standard InChI is InChI=1S/C23H27N5O2/c1-3-27-13-18(21(29)17-9-4-14(2)25-22(17)27)23(30)24-10-11-28-20(16-7-8-16)12-19(26-28)15-5-6-15/h4,9,12-13,15-16H,3,5-8,10-11H2,1-2H3,(H,24,30). The average molecular weight is 406 g/mol. The Morgan fingerprint density at radius 3 is 2.67 bits per heavy atom. The molecule has 1 amide bonds. The van der Waals surface area contributed by atoms with Crippen molar-refractivity contribution in [1.29, 1.82) is 0 Å². The van der Waals surface area contributed by atoms with E-state index in [2.05, 4.69) is 21.0 Å². The van der Waals surface area contributed by atoms with Crippen LogP contribution < -0.4 is 10.7 Å². The molecule has 5 rings (SSSR count). The van der Waals surface area contributed by atoms with E-state index in [0.29, 0.717) is 42.5 Å². The average Bonchev–Trinajstić information content (AvgIpc) is 3.67. The van der Waals surface area contributed by atoms with E-state index in [1.54, 1.807) is 18.3 Å². The number of fused-ring (bicyclic) bond motifs is 1. The molecule has 7 nitrogen and oxygen atoms in total. The Hall–Kier alpha value is -2.96. The van der Waals surface area contributed by atoms with E-state index in [0.717, 1.165) is 5.69 Å². The van der Waals surface area contributed by atoms with Gasteiger partial charge in [0.25, 0.3) is 5.91 Å². The SMILES string of the molecule is CCn1cc(C(=O)NCCn2nc(C3CC3)cc2C2CC2)c(=O)c2ccc(C)nc21. The molecule has 30 heavy (non-hydrogen) atoms. The van der Waals surface area contributed by atoms with Gasteiger partial charge in [-0.25, -0.2) is 4.98 Å². The lowest BCUT2D eigenvalue weighted by atomic mass is 10.1. The zero-order valence-electron chi connectivity index (χ0n) is 17.5. The highest BCUT2D eigenvalue weighted by Crippen LogP contribution is 2.44. The first-order valence-corrected chi connectivity index (χ1v) is 10.9. The van der Waals surface area contributed by atoms with E-state index in [1.165, 1.54) is 37.1 Å². The molecule has 3 heterocycles. The number of nitrogens with one attached hydrogen (secondary N) is 1. The molecule has 1 N–H and O–H groups in total. The number of nitrogens with zero attached hydrogens (tertiary/aromatic N) is 4. The minimum absolute atomic E-state index is 0.163. The van der Waals surface area contributed by atoms with Crippen molar-refractivity contribution in [3.8, 4) is 0 Å². The molecule has 2 saturated carbocycles. The molecule has 0 aromatic carbocycles. The molecule has 0 aliphatic heterocycles. The Kier molecular flexibility index (Phi) is 4.68. The van der Waals surface area contributed by atoms with Crippen LogP contribution in [0, 0.1) is 6.92 Å². The van der Waals surface area contributed by atoms with Crippen LogP contribution in [0.4, 0.5) is 0 Å². The minimum atomic E-state index is -0.341. The number of pyridine rings is 2. The van der Waals surface area contributed by atoms with Crippen LogP contribution in [0.25, 0.3) is 11.0 Å². The summed E-state index contributed by atoms with van der Waals surface area (Å²) in [4.78, 5) is 30.2. The van der Waals surface area contributed by atoms with Gasteiger partial charge in [-0.15, -0.1) is 0 Å². The number of amides is 1. The fourth-order valence-electron chi connectivity index (χ4n) is 4.05. The van der Waals surface area contributed by atoms with Gasteiger partial charge in [0.15, 0.2) is 0 Å². The number of hydrogen-bond acceptors (Lipinski definition) is 4. The maximum atomic E-state index is 12.9. The molecule has 2 aliphatic rings. The highest BCUT2D eigenvalue weighted by Gasteiger charge is 2.32. The van der Waals surface area contributed by atoms with Crippen molar-refractivity contribution in [3.63, 3.8) is 0 Å². The first-order valence-electron chi connectivity index (χ1n) is 10.9. The minimum Gasteiger partial charge on any atom is -0.350 e. The summed E-state index contributed by atoms with van der Waals surface area (Å²) in [5, 5.41) is 8.19. The molecule has 156 valence electrons. The Bertz CT molecular complexity index is 1180. The summed E-state index contributed by atoms with van der Waals surface area (Å²) in [6.07, 6.45) is 6.55. The van der Waals surface area contributed by atoms with Crippen LogP contribution in [0.2, 0.25) is 0 Å². The van der Waals surface area contributed by atoms with Crippen LogP contribution in [0.5, 0.6) is 0 Å². The third-order valence-electron chi connectivity index (χ3n) is 6.08. The van der Waals surface area contributed by atoms with Crippen molar-refractivity contribution < 1.29 is 4.79 Å². The van der Waals surface area contributed by atoms with Gasteiger partial charge in [-0.1, -0.05) is 0 Å². The molecule has 0 bridgehead atoms. The number of rotatable bonds is 7. The predicted octanol–water partition coefficient (Wildman–Crippen LogP) is 3.11. The summed E-state index contributed by atoms with van der Waals surface area (Å²) < 4.78 is 3.92. The molecule has 7 heteroatoms. The summed E-state index contributed by atoms with van der Waals surface area (Å²) in [5.74, 6) is 0.904. The van der Waals surface area contributed by atoms with Gasteiger partial charge in [-0.3, -0.25) is 14.3 Å². The zero-order chi connectivity index (χ0) is 20.8. The van der Waals surface area contributed by atoms with Gasteiger partial charge in [0.05, 0.1) is 17.6 Å². The number of hydrogen-bond donors (Lipinski definition) is 1. The third kappa shape index (κ3) is 3.53. The van der Waals surface area contributed by atoms with E-state index >= 15 is 0 Å². The lowest BCUT2D eigenvalue weighted by molar-refractivity contribution is 0.0950. The molecular weight excluding hydrogens is 378 g/mol. The van der Waals surface area contributed by atoms with Gasteiger partial charge in [0.2, 0.25) is 5.43 Å². The lowest BCUT2D eigenvalue weighted by Gasteiger charge is -2.12. The van der Waals surface area contributed by atoms with Crippen molar-refractivity contribution in [1.82, 2.24) is 24.6 Å². The van der Waals surface area contributed by atoms with Gasteiger partial charge >= 0.3 is 0 Å². The molecule has 0 unspecified atom stereocenters. The van der Waals surface area contributed by atoms with Crippen molar-refractivity contribution >= 4 is 16.9 Å². The molecule has 2 aliphatic carbocycles. The fraction of sp³-hybridized carbons (Fsp3) is 0.478. The zero-order valence-corrected chi connectivity index (χ0v) is 17.5. The second-order valence-electron chi connectivity index (χ2n) is 8.50. The number of carbonyl (C=O) groups excluding carboxylic acids is 1. The Labute approximate surface area is 175 Å². The summed E-state index contributed by atoms with van der Waals surface area (Å²) in [6.45, 7) is 5.57. The van der Waals surface area contributed by atoms with Crippen LogP contribution in [-0.2, 0) is 13.1 Å². The van der Waals surface area contributed by atoms with E-state index in [1.807, 2.05) is 18.4 Å². The van der Waals surface area contributed by atoms with E-state index in [4.69, 9.17) is 5.10 Å². The largest absolute Gasteiger partial charge is 0.350 e. The van der Waals surface area contributed by atoms with Crippen LogP contribution in [0.15, 0.2) is 29.2 Å². The summed E-state index contributed by atoms with van der Waals surface area (Å²) in [5.41, 5.74) is 3.86. The smallest absolute Gasteiger partial charge is 0.256 e. The van der Waals surface area contributed by atoms with Gasteiger partial charge in [-0.2, -0.15) is 5.10 Å².